The molecule has 1 heteroatoms. The van der Waals surface area contributed by atoms with E-state index in [4.69, 9.17) is 0 Å². The second kappa shape index (κ2) is 14.3. The van der Waals surface area contributed by atoms with Crippen LogP contribution in [0.5, 0.6) is 0 Å². The third-order valence-corrected chi connectivity index (χ3v) is 15.7. The summed E-state index contributed by atoms with van der Waals surface area (Å²) >= 11 is 0. The molecule has 5 aliphatic carbocycles. The van der Waals surface area contributed by atoms with Crippen molar-refractivity contribution in [2.24, 2.45) is 11.8 Å². The molecule has 3 unspecified atom stereocenters. The molecule has 11 rings (SSSR count). The Labute approximate surface area is 341 Å². The number of anilines is 3. The van der Waals surface area contributed by atoms with E-state index in [-0.39, 0.29) is 5.41 Å². The van der Waals surface area contributed by atoms with Gasteiger partial charge in [-0.15, -0.1) is 0 Å². The maximum Gasteiger partial charge on any atom is 0.0543 e. The van der Waals surface area contributed by atoms with Crippen molar-refractivity contribution in [3.05, 3.63) is 149 Å². The topological polar surface area (TPSA) is 3.24 Å². The van der Waals surface area contributed by atoms with E-state index in [1.165, 1.54) is 157 Å². The normalized spacial score (nSPS) is 22.8. The fourth-order valence-corrected chi connectivity index (χ4v) is 12.9. The summed E-state index contributed by atoms with van der Waals surface area (Å²) in [5.41, 5.74) is 16.7. The van der Waals surface area contributed by atoms with Gasteiger partial charge in [0.05, 0.1) is 11.4 Å². The molecule has 6 aromatic carbocycles. The largest absolute Gasteiger partial charge is 0.309 e. The van der Waals surface area contributed by atoms with Crippen LogP contribution in [-0.2, 0) is 5.41 Å². The van der Waals surface area contributed by atoms with Crippen molar-refractivity contribution in [3.8, 4) is 22.3 Å². The lowest BCUT2D eigenvalue weighted by Crippen LogP contribution is -2.19. The lowest BCUT2D eigenvalue weighted by atomic mass is 9.77. The molecule has 288 valence electrons. The van der Waals surface area contributed by atoms with Crippen LogP contribution in [0.3, 0.4) is 0 Å². The molecule has 4 fully saturated rings. The summed E-state index contributed by atoms with van der Waals surface area (Å²) in [5, 5.41) is 2.79. The third-order valence-electron chi connectivity index (χ3n) is 15.7. The van der Waals surface area contributed by atoms with Gasteiger partial charge in [-0.3, -0.25) is 0 Å². The first-order valence-corrected chi connectivity index (χ1v) is 22.8. The van der Waals surface area contributed by atoms with Gasteiger partial charge in [0.15, 0.2) is 0 Å². The van der Waals surface area contributed by atoms with Crippen molar-refractivity contribution in [3.63, 3.8) is 0 Å². The summed E-state index contributed by atoms with van der Waals surface area (Å²) in [6.07, 6.45) is 19.0. The van der Waals surface area contributed by atoms with Gasteiger partial charge in [0, 0.05) is 22.1 Å². The highest BCUT2D eigenvalue weighted by Gasteiger charge is 2.41. The van der Waals surface area contributed by atoms with Crippen LogP contribution in [0.1, 0.15) is 149 Å². The maximum absolute atomic E-state index is 2.68. The molecule has 6 aromatic rings. The standard InChI is InChI=1S/C56H59N/c1-56(2)50-21-10-9-19-47(50)48-33-34-52(54(55(48)56)43-27-25-39(26-28-43)38-13-5-3-6-14-38)57(45-31-29-41(30-32-45)49-36-37-23-24-44(49)35-37)51-22-12-18-42-17-11-20-46(53(42)51)40-15-7-4-8-16-40/h9-12,17-22,25-34,37-38,40,44,49H,3-8,13-16,23-24,35-36H2,1-2H3. The Balaban J connectivity index is 1.15. The SMILES string of the molecule is CC1(C)c2ccccc2-c2ccc(N(c3ccc(C4CC5CCC4C5)cc3)c3cccc4cccc(C5CCCCC5)c34)c(-c3ccc(C4CCCCC4)cc3)c21. The van der Waals surface area contributed by atoms with Gasteiger partial charge < -0.3 is 4.90 Å². The van der Waals surface area contributed by atoms with Gasteiger partial charge in [-0.25, -0.2) is 0 Å². The summed E-state index contributed by atoms with van der Waals surface area (Å²) in [7, 11) is 0. The van der Waals surface area contributed by atoms with Crippen molar-refractivity contribution < 1.29 is 0 Å². The zero-order valence-corrected chi connectivity index (χ0v) is 34.3. The Bertz CT molecular complexity index is 2410. The predicted molar refractivity (Wildman–Crippen MR) is 241 cm³/mol. The predicted octanol–water partition coefficient (Wildman–Crippen LogP) is 16.3. The molecule has 57 heavy (non-hydrogen) atoms. The molecule has 0 amide bonds. The minimum absolute atomic E-state index is 0.150. The molecule has 0 aromatic heterocycles. The Hall–Kier alpha value is -4.62. The monoisotopic (exact) mass is 745 g/mol. The van der Waals surface area contributed by atoms with E-state index in [0.717, 1.165) is 17.8 Å². The average molecular weight is 746 g/mol. The van der Waals surface area contributed by atoms with E-state index < -0.39 is 0 Å². The quantitative estimate of drug-likeness (QED) is 0.157. The molecular formula is C56H59N. The summed E-state index contributed by atoms with van der Waals surface area (Å²) in [6.45, 7) is 4.93. The van der Waals surface area contributed by atoms with Crippen LogP contribution in [0.25, 0.3) is 33.0 Å². The van der Waals surface area contributed by atoms with Crippen molar-refractivity contribution in [2.45, 2.75) is 127 Å². The molecule has 0 heterocycles. The van der Waals surface area contributed by atoms with Crippen LogP contribution >= 0.6 is 0 Å². The fraction of sp³-hybridized carbons (Fsp3) is 0.393. The second-order valence-electron chi connectivity index (χ2n) is 19.3. The molecule has 0 N–H and O–H groups in total. The van der Waals surface area contributed by atoms with Crippen LogP contribution in [0.15, 0.2) is 121 Å². The zero-order valence-electron chi connectivity index (χ0n) is 34.3. The van der Waals surface area contributed by atoms with E-state index in [1.807, 2.05) is 0 Å². The highest BCUT2D eigenvalue weighted by Crippen LogP contribution is 2.57. The third kappa shape index (κ3) is 6.01. The minimum Gasteiger partial charge on any atom is -0.309 e. The van der Waals surface area contributed by atoms with Gasteiger partial charge in [0.25, 0.3) is 0 Å². The number of hydrogen-bond donors (Lipinski definition) is 0. The van der Waals surface area contributed by atoms with Crippen LogP contribution in [0.4, 0.5) is 17.1 Å². The van der Waals surface area contributed by atoms with E-state index >= 15 is 0 Å². The lowest BCUT2D eigenvalue weighted by molar-refractivity contribution is 0.420. The Morgan fingerprint density at radius 3 is 1.95 bits per heavy atom. The van der Waals surface area contributed by atoms with Crippen LogP contribution in [-0.4, -0.2) is 0 Å². The van der Waals surface area contributed by atoms with Gasteiger partial charge in [-0.05, 0) is 149 Å². The first-order valence-electron chi connectivity index (χ1n) is 22.8. The molecule has 0 aliphatic heterocycles. The minimum atomic E-state index is -0.150. The maximum atomic E-state index is 2.68. The van der Waals surface area contributed by atoms with Crippen molar-refractivity contribution >= 4 is 27.8 Å². The zero-order chi connectivity index (χ0) is 38.1. The van der Waals surface area contributed by atoms with Crippen molar-refractivity contribution in [2.75, 3.05) is 4.90 Å². The average Bonchev–Trinajstić information content (AvgIpc) is 3.97. The van der Waals surface area contributed by atoms with Gasteiger partial charge in [0.2, 0.25) is 0 Å². The number of fused-ring (bicyclic) bond motifs is 6. The fourth-order valence-electron chi connectivity index (χ4n) is 12.9. The molecule has 4 saturated carbocycles. The number of rotatable bonds is 7. The van der Waals surface area contributed by atoms with Crippen LogP contribution in [0, 0.1) is 11.8 Å². The lowest BCUT2D eigenvalue weighted by Gasteiger charge is -2.34. The molecule has 0 saturated heterocycles. The van der Waals surface area contributed by atoms with E-state index in [0.29, 0.717) is 11.8 Å². The molecule has 0 radical (unpaired) electrons. The Kier molecular flexibility index (Phi) is 8.94. The molecule has 2 bridgehead atoms. The first-order chi connectivity index (χ1) is 28.0. The molecule has 5 aliphatic rings. The Morgan fingerprint density at radius 1 is 0.526 bits per heavy atom. The van der Waals surface area contributed by atoms with Crippen LogP contribution < -0.4 is 4.90 Å². The van der Waals surface area contributed by atoms with Crippen molar-refractivity contribution in [1.82, 2.24) is 0 Å². The highest BCUT2D eigenvalue weighted by atomic mass is 15.1. The number of benzene rings is 6. The van der Waals surface area contributed by atoms with E-state index in [9.17, 15) is 0 Å². The molecule has 0 spiro atoms. The van der Waals surface area contributed by atoms with Gasteiger partial charge in [-0.1, -0.05) is 156 Å². The number of hydrogen-bond acceptors (Lipinski definition) is 1. The Morgan fingerprint density at radius 2 is 1.23 bits per heavy atom. The van der Waals surface area contributed by atoms with E-state index in [1.54, 1.807) is 11.1 Å². The van der Waals surface area contributed by atoms with Crippen LogP contribution in [0.2, 0.25) is 0 Å². The molecule has 1 nitrogen and oxygen atoms in total. The highest BCUT2D eigenvalue weighted by molar-refractivity contribution is 6.05. The summed E-state index contributed by atoms with van der Waals surface area (Å²) in [5.74, 6) is 3.83. The summed E-state index contributed by atoms with van der Waals surface area (Å²) < 4.78 is 0. The van der Waals surface area contributed by atoms with Gasteiger partial charge in [0.1, 0.15) is 0 Å². The molecule has 3 atom stereocenters. The smallest absolute Gasteiger partial charge is 0.0543 e. The van der Waals surface area contributed by atoms with Gasteiger partial charge >= 0.3 is 0 Å². The van der Waals surface area contributed by atoms with E-state index in [2.05, 4.69) is 140 Å². The number of nitrogens with zero attached hydrogens (tertiary/aromatic N) is 1. The summed E-state index contributed by atoms with van der Waals surface area (Å²) in [4.78, 5) is 2.68. The first kappa shape index (κ1) is 35.5. The van der Waals surface area contributed by atoms with Gasteiger partial charge in [-0.2, -0.15) is 0 Å². The molecular weight excluding hydrogens is 687 g/mol. The second-order valence-corrected chi connectivity index (χ2v) is 19.3. The summed E-state index contributed by atoms with van der Waals surface area (Å²) in [6, 6.07) is 48.3. The van der Waals surface area contributed by atoms with Crippen molar-refractivity contribution in [1.29, 1.82) is 0 Å².